The molecule has 1 aromatic rings. The molecule has 1 N–H and O–H groups in total. The van der Waals surface area contributed by atoms with Gasteiger partial charge in [-0.25, -0.2) is 0 Å². The quantitative estimate of drug-likeness (QED) is 0.763. The molecule has 15 heavy (non-hydrogen) atoms. The molecule has 1 aromatic carbocycles. The summed E-state index contributed by atoms with van der Waals surface area (Å²) in [7, 11) is 0. The summed E-state index contributed by atoms with van der Waals surface area (Å²) in [6.45, 7) is 7.29. The van der Waals surface area contributed by atoms with Gasteiger partial charge in [0.25, 0.3) is 0 Å². The molecular formula is C13H18O2. The molecule has 0 radical (unpaired) electrons. The van der Waals surface area contributed by atoms with Gasteiger partial charge in [0.1, 0.15) is 5.60 Å². The van der Waals surface area contributed by atoms with Gasteiger partial charge in [-0.05, 0) is 37.5 Å². The van der Waals surface area contributed by atoms with Crippen molar-refractivity contribution in [3.05, 3.63) is 34.4 Å². The molecule has 1 heterocycles. The second kappa shape index (κ2) is 3.62. The molecule has 0 aliphatic carbocycles. The van der Waals surface area contributed by atoms with Gasteiger partial charge in [0, 0.05) is 13.0 Å². The average Bonchev–Trinajstić information content (AvgIpc) is 2.50. The summed E-state index contributed by atoms with van der Waals surface area (Å²) in [5.41, 5.74) is 3.88. The third-order valence-electron chi connectivity index (χ3n) is 3.14. The van der Waals surface area contributed by atoms with E-state index in [4.69, 9.17) is 4.74 Å². The number of hydrogen-bond acceptors (Lipinski definition) is 2. The molecule has 0 bridgehead atoms. The molecule has 82 valence electrons. The summed E-state index contributed by atoms with van der Waals surface area (Å²) in [5.74, 6) is 0. The summed E-state index contributed by atoms with van der Waals surface area (Å²) in [5, 5.41) is 10.5. The topological polar surface area (TPSA) is 29.5 Å². The van der Waals surface area contributed by atoms with Gasteiger partial charge in [-0.15, -0.1) is 0 Å². The second-order valence-corrected chi connectivity index (χ2v) is 4.61. The maximum atomic E-state index is 10.5. The van der Waals surface area contributed by atoms with Crippen molar-refractivity contribution in [2.24, 2.45) is 0 Å². The fourth-order valence-corrected chi connectivity index (χ4v) is 2.67. The Labute approximate surface area is 90.9 Å². The molecule has 2 heteroatoms. The van der Waals surface area contributed by atoms with Crippen molar-refractivity contribution in [1.29, 1.82) is 0 Å². The van der Waals surface area contributed by atoms with Crippen LogP contribution < -0.4 is 0 Å². The molecule has 1 unspecified atom stereocenters. The Morgan fingerprint density at radius 1 is 1.20 bits per heavy atom. The van der Waals surface area contributed by atoms with Crippen LogP contribution in [0.3, 0.4) is 0 Å². The standard InChI is InChI=1S/C13H18O2/c1-9-6-10(2)12(11(3)7-9)13(14)4-5-15-8-13/h6-7,14H,4-5,8H2,1-3H3. The molecular weight excluding hydrogens is 188 g/mol. The first-order valence-corrected chi connectivity index (χ1v) is 5.41. The van der Waals surface area contributed by atoms with E-state index < -0.39 is 5.60 Å². The van der Waals surface area contributed by atoms with E-state index in [-0.39, 0.29) is 0 Å². The minimum Gasteiger partial charge on any atom is -0.383 e. The largest absolute Gasteiger partial charge is 0.383 e. The van der Waals surface area contributed by atoms with E-state index in [0.29, 0.717) is 19.6 Å². The third-order valence-corrected chi connectivity index (χ3v) is 3.14. The van der Waals surface area contributed by atoms with Crippen molar-refractivity contribution in [1.82, 2.24) is 0 Å². The van der Waals surface area contributed by atoms with E-state index in [1.807, 2.05) is 0 Å². The number of aryl methyl sites for hydroxylation is 3. The van der Waals surface area contributed by atoms with Gasteiger partial charge >= 0.3 is 0 Å². The number of rotatable bonds is 1. The van der Waals surface area contributed by atoms with Crippen LogP contribution in [0.15, 0.2) is 12.1 Å². The van der Waals surface area contributed by atoms with E-state index >= 15 is 0 Å². The van der Waals surface area contributed by atoms with Crippen LogP contribution in [0.4, 0.5) is 0 Å². The molecule has 1 aliphatic rings. The lowest BCUT2D eigenvalue weighted by atomic mass is 9.85. The van der Waals surface area contributed by atoms with Crippen molar-refractivity contribution in [3.8, 4) is 0 Å². The number of hydrogen-bond donors (Lipinski definition) is 1. The summed E-state index contributed by atoms with van der Waals surface area (Å²) >= 11 is 0. The highest BCUT2D eigenvalue weighted by Gasteiger charge is 2.36. The van der Waals surface area contributed by atoms with Crippen LogP contribution in [0.1, 0.15) is 28.7 Å². The summed E-state index contributed by atoms with van der Waals surface area (Å²) in [6.07, 6.45) is 0.706. The van der Waals surface area contributed by atoms with Gasteiger partial charge < -0.3 is 9.84 Å². The fourth-order valence-electron chi connectivity index (χ4n) is 2.67. The smallest absolute Gasteiger partial charge is 0.116 e. The van der Waals surface area contributed by atoms with E-state index in [1.54, 1.807) is 0 Å². The van der Waals surface area contributed by atoms with Crippen LogP contribution in [0, 0.1) is 20.8 Å². The maximum absolute atomic E-state index is 10.5. The van der Waals surface area contributed by atoms with Crippen molar-refractivity contribution < 1.29 is 9.84 Å². The Balaban J connectivity index is 2.52. The Kier molecular flexibility index (Phi) is 2.57. The lowest BCUT2D eigenvalue weighted by Gasteiger charge is -2.25. The minimum absolute atomic E-state index is 0.428. The van der Waals surface area contributed by atoms with E-state index in [0.717, 1.165) is 5.56 Å². The molecule has 1 saturated heterocycles. The molecule has 1 atom stereocenters. The SMILES string of the molecule is Cc1cc(C)c(C2(O)CCOC2)c(C)c1. The molecule has 1 aliphatic heterocycles. The Morgan fingerprint density at radius 2 is 1.80 bits per heavy atom. The highest BCUT2D eigenvalue weighted by Crippen LogP contribution is 2.35. The van der Waals surface area contributed by atoms with Gasteiger partial charge in [0.2, 0.25) is 0 Å². The van der Waals surface area contributed by atoms with Crippen LogP contribution in [0.5, 0.6) is 0 Å². The zero-order chi connectivity index (χ0) is 11.1. The first-order chi connectivity index (χ1) is 7.03. The first kappa shape index (κ1) is 10.7. The molecule has 0 aromatic heterocycles. The normalized spacial score (nSPS) is 25.9. The van der Waals surface area contributed by atoms with Gasteiger partial charge in [0.15, 0.2) is 0 Å². The van der Waals surface area contributed by atoms with E-state index in [9.17, 15) is 5.11 Å². The third kappa shape index (κ3) is 1.80. The zero-order valence-electron chi connectivity index (χ0n) is 9.63. The maximum Gasteiger partial charge on any atom is 0.116 e. The Bertz CT molecular complexity index is 353. The monoisotopic (exact) mass is 206 g/mol. The molecule has 1 fully saturated rings. The lowest BCUT2D eigenvalue weighted by molar-refractivity contribution is 0.0221. The first-order valence-electron chi connectivity index (χ1n) is 5.41. The second-order valence-electron chi connectivity index (χ2n) is 4.61. The van der Waals surface area contributed by atoms with Crippen LogP contribution in [0.2, 0.25) is 0 Å². The van der Waals surface area contributed by atoms with Gasteiger partial charge in [0.05, 0.1) is 6.61 Å². The lowest BCUT2D eigenvalue weighted by Crippen LogP contribution is -2.28. The molecule has 0 amide bonds. The molecule has 2 nitrogen and oxygen atoms in total. The number of ether oxygens (including phenoxy) is 1. The van der Waals surface area contributed by atoms with Crippen molar-refractivity contribution in [2.75, 3.05) is 13.2 Å². The summed E-state index contributed by atoms with van der Waals surface area (Å²) < 4.78 is 5.30. The highest BCUT2D eigenvalue weighted by atomic mass is 16.5. The van der Waals surface area contributed by atoms with Crippen LogP contribution in [-0.4, -0.2) is 18.3 Å². The van der Waals surface area contributed by atoms with Crippen molar-refractivity contribution >= 4 is 0 Å². The zero-order valence-corrected chi connectivity index (χ0v) is 9.63. The highest BCUT2D eigenvalue weighted by molar-refractivity contribution is 5.41. The molecule has 2 rings (SSSR count). The Hall–Kier alpha value is -0.860. The molecule has 0 spiro atoms. The summed E-state index contributed by atoms with van der Waals surface area (Å²) in [4.78, 5) is 0. The van der Waals surface area contributed by atoms with Crippen LogP contribution >= 0.6 is 0 Å². The van der Waals surface area contributed by atoms with E-state index in [1.165, 1.54) is 16.7 Å². The van der Waals surface area contributed by atoms with Crippen molar-refractivity contribution in [2.45, 2.75) is 32.8 Å². The van der Waals surface area contributed by atoms with Crippen LogP contribution in [-0.2, 0) is 10.3 Å². The predicted molar refractivity (Wildman–Crippen MR) is 60.0 cm³/mol. The van der Waals surface area contributed by atoms with E-state index in [2.05, 4.69) is 32.9 Å². The van der Waals surface area contributed by atoms with Crippen LogP contribution in [0.25, 0.3) is 0 Å². The predicted octanol–water partition coefficient (Wildman–Crippen LogP) is 2.22. The van der Waals surface area contributed by atoms with Crippen molar-refractivity contribution in [3.63, 3.8) is 0 Å². The average molecular weight is 206 g/mol. The fraction of sp³-hybridized carbons (Fsp3) is 0.538. The van der Waals surface area contributed by atoms with Gasteiger partial charge in [-0.2, -0.15) is 0 Å². The van der Waals surface area contributed by atoms with Gasteiger partial charge in [-0.3, -0.25) is 0 Å². The number of benzene rings is 1. The Morgan fingerprint density at radius 3 is 2.27 bits per heavy atom. The summed E-state index contributed by atoms with van der Waals surface area (Å²) in [6, 6.07) is 4.25. The molecule has 0 saturated carbocycles. The minimum atomic E-state index is -0.762. The van der Waals surface area contributed by atoms with Gasteiger partial charge in [-0.1, -0.05) is 17.7 Å². The number of aliphatic hydroxyl groups is 1.